The lowest BCUT2D eigenvalue weighted by molar-refractivity contribution is 0.142. The Morgan fingerprint density at radius 3 is 2.68 bits per heavy atom. The summed E-state index contributed by atoms with van der Waals surface area (Å²) in [5.41, 5.74) is 1.42. The van der Waals surface area contributed by atoms with Crippen molar-refractivity contribution < 1.29 is 9.32 Å². The van der Waals surface area contributed by atoms with Crippen LogP contribution in [0.25, 0.3) is 11.4 Å². The van der Waals surface area contributed by atoms with Crippen molar-refractivity contribution in [3.05, 3.63) is 64.5 Å². The number of anilines is 1. The summed E-state index contributed by atoms with van der Waals surface area (Å²) in [4.78, 5) is 19.1. The zero-order chi connectivity index (χ0) is 19.5. The van der Waals surface area contributed by atoms with Crippen LogP contribution in [0.4, 0.5) is 10.5 Å². The van der Waals surface area contributed by atoms with E-state index in [9.17, 15) is 4.79 Å². The number of piperidine rings is 1. The summed E-state index contributed by atoms with van der Waals surface area (Å²) >= 11 is 12.0. The highest BCUT2D eigenvalue weighted by molar-refractivity contribution is 6.31. The minimum atomic E-state index is -0.270. The van der Waals surface area contributed by atoms with E-state index in [2.05, 4.69) is 15.5 Å². The highest BCUT2D eigenvalue weighted by Gasteiger charge is 2.32. The Bertz CT molecular complexity index is 992. The fourth-order valence-electron chi connectivity index (χ4n) is 3.31. The molecule has 0 bridgehead atoms. The summed E-state index contributed by atoms with van der Waals surface area (Å²) in [5.74, 6) is 0.884. The molecule has 1 N–H and O–H groups in total. The molecule has 0 aliphatic carbocycles. The number of benzene rings is 2. The number of aromatic nitrogens is 2. The van der Waals surface area contributed by atoms with Crippen LogP contribution in [0.15, 0.2) is 53.1 Å². The van der Waals surface area contributed by atoms with E-state index in [1.165, 1.54) is 0 Å². The Balaban J connectivity index is 1.55. The van der Waals surface area contributed by atoms with Crippen LogP contribution in [-0.2, 0) is 0 Å². The largest absolute Gasteiger partial charge is 0.337 e. The molecule has 1 aromatic heterocycles. The molecular weight excluding hydrogens is 399 g/mol. The fraction of sp³-hybridized carbons (Fsp3) is 0.250. The van der Waals surface area contributed by atoms with E-state index in [0.29, 0.717) is 34.0 Å². The van der Waals surface area contributed by atoms with E-state index in [-0.39, 0.29) is 12.1 Å². The van der Waals surface area contributed by atoms with Gasteiger partial charge in [-0.3, -0.25) is 0 Å². The van der Waals surface area contributed by atoms with Gasteiger partial charge in [0.2, 0.25) is 11.7 Å². The van der Waals surface area contributed by atoms with Crippen molar-refractivity contribution >= 4 is 34.9 Å². The number of carbonyl (C=O) groups excluding carboxylic acids is 1. The summed E-state index contributed by atoms with van der Waals surface area (Å²) in [6, 6.07) is 13.8. The molecule has 2 aromatic carbocycles. The highest BCUT2D eigenvalue weighted by Crippen LogP contribution is 2.32. The summed E-state index contributed by atoms with van der Waals surface area (Å²) in [5, 5.41) is 8.13. The highest BCUT2D eigenvalue weighted by atomic mass is 35.5. The van der Waals surface area contributed by atoms with Gasteiger partial charge >= 0.3 is 6.03 Å². The molecule has 144 valence electrons. The van der Waals surface area contributed by atoms with Gasteiger partial charge in [0.1, 0.15) is 6.04 Å². The van der Waals surface area contributed by atoms with Crippen molar-refractivity contribution in [3.8, 4) is 11.4 Å². The third-order valence-electron chi connectivity index (χ3n) is 4.65. The van der Waals surface area contributed by atoms with Crippen molar-refractivity contribution in [2.75, 3.05) is 11.9 Å². The van der Waals surface area contributed by atoms with Crippen molar-refractivity contribution in [3.63, 3.8) is 0 Å². The molecule has 4 rings (SSSR count). The standard InChI is InChI=1S/C20H18Cl2N4O2/c21-14-6-3-5-13(11-14)18-24-19(28-25-18)17-9-1-2-10-26(17)20(27)23-16-8-4-7-15(22)12-16/h3-8,11-12,17H,1-2,9-10H2,(H,23,27)/t17-/m1/s1. The van der Waals surface area contributed by atoms with E-state index < -0.39 is 0 Å². The predicted octanol–water partition coefficient (Wildman–Crippen LogP) is 5.80. The fourth-order valence-corrected chi connectivity index (χ4v) is 3.69. The van der Waals surface area contributed by atoms with Crippen LogP contribution in [0.3, 0.4) is 0 Å². The minimum absolute atomic E-state index is 0.213. The van der Waals surface area contributed by atoms with E-state index in [1.807, 2.05) is 12.1 Å². The smallest absolute Gasteiger partial charge is 0.322 e. The van der Waals surface area contributed by atoms with Gasteiger partial charge in [-0.05, 0) is 49.6 Å². The number of hydrogen-bond donors (Lipinski definition) is 1. The summed E-state index contributed by atoms with van der Waals surface area (Å²) in [7, 11) is 0. The minimum Gasteiger partial charge on any atom is -0.337 e. The van der Waals surface area contributed by atoms with Gasteiger partial charge < -0.3 is 14.7 Å². The van der Waals surface area contributed by atoms with Gasteiger partial charge in [-0.15, -0.1) is 0 Å². The van der Waals surface area contributed by atoms with Crippen molar-refractivity contribution in [1.82, 2.24) is 15.0 Å². The molecular formula is C20H18Cl2N4O2. The Labute approximate surface area is 172 Å². The number of nitrogens with one attached hydrogen (secondary N) is 1. The van der Waals surface area contributed by atoms with E-state index in [1.54, 1.807) is 41.3 Å². The van der Waals surface area contributed by atoms with Crippen LogP contribution >= 0.6 is 23.2 Å². The first-order chi connectivity index (χ1) is 13.6. The first-order valence-electron chi connectivity index (χ1n) is 9.03. The Morgan fingerprint density at radius 1 is 1.11 bits per heavy atom. The van der Waals surface area contributed by atoms with Gasteiger partial charge in [-0.2, -0.15) is 4.98 Å². The SMILES string of the molecule is O=C(Nc1cccc(Cl)c1)N1CCCC[C@@H]1c1nc(-c2cccc(Cl)c2)no1. The maximum absolute atomic E-state index is 12.8. The van der Waals surface area contributed by atoms with Gasteiger partial charge in [0.25, 0.3) is 0 Å². The first kappa shape index (κ1) is 18.8. The first-order valence-corrected chi connectivity index (χ1v) is 9.78. The molecule has 0 saturated carbocycles. The molecule has 8 heteroatoms. The predicted molar refractivity (Wildman–Crippen MR) is 109 cm³/mol. The number of nitrogens with zero attached hydrogens (tertiary/aromatic N) is 3. The Morgan fingerprint density at radius 2 is 1.89 bits per heavy atom. The quantitative estimate of drug-likeness (QED) is 0.585. The third kappa shape index (κ3) is 4.13. The second kappa shape index (κ2) is 8.20. The van der Waals surface area contributed by atoms with Crippen LogP contribution in [-0.4, -0.2) is 27.6 Å². The molecule has 3 aromatic rings. The maximum Gasteiger partial charge on any atom is 0.322 e. The maximum atomic E-state index is 12.8. The van der Waals surface area contributed by atoms with Gasteiger partial charge in [0.15, 0.2) is 0 Å². The van der Waals surface area contributed by atoms with Crippen LogP contribution in [0.1, 0.15) is 31.2 Å². The molecule has 1 saturated heterocycles. The van der Waals surface area contributed by atoms with Crippen LogP contribution in [0.5, 0.6) is 0 Å². The number of halogens is 2. The molecule has 0 spiro atoms. The second-order valence-electron chi connectivity index (χ2n) is 6.61. The molecule has 28 heavy (non-hydrogen) atoms. The zero-order valence-electron chi connectivity index (χ0n) is 14.9. The van der Waals surface area contributed by atoms with Crippen molar-refractivity contribution in [1.29, 1.82) is 0 Å². The lowest BCUT2D eigenvalue weighted by Crippen LogP contribution is -2.41. The molecule has 2 amide bonds. The number of rotatable bonds is 3. The average Bonchev–Trinajstić information content (AvgIpc) is 3.18. The van der Waals surface area contributed by atoms with Gasteiger partial charge in [0.05, 0.1) is 0 Å². The lowest BCUT2D eigenvalue weighted by Gasteiger charge is -2.33. The zero-order valence-corrected chi connectivity index (χ0v) is 16.5. The number of hydrogen-bond acceptors (Lipinski definition) is 4. The molecule has 0 unspecified atom stereocenters. The Hall–Kier alpha value is -2.57. The van der Waals surface area contributed by atoms with E-state index in [4.69, 9.17) is 27.7 Å². The normalized spacial score (nSPS) is 16.8. The molecule has 2 heterocycles. The number of carbonyl (C=O) groups is 1. The molecule has 1 fully saturated rings. The molecule has 1 atom stereocenters. The van der Waals surface area contributed by atoms with Crippen molar-refractivity contribution in [2.24, 2.45) is 0 Å². The van der Waals surface area contributed by atoms with E-state index in [0.717, 1.165) is 24.8 Å². The molecule has 1 aliphatic rings. The summed E-state index contributed by atoms with van der Waals surface area (Å²) in [6.07, 6.45) is 2.68. The molecule has 0 radical (unpaired) electrons. The third-order valence-corrected chi connectivity index (χ3v) is 5.12. The number of amides is 2. The number of urea groups is 1. The van der Waals surface area contributed by atoms with Gasteiger partial charge in [-0.25, -0.2) is 4.79 Å². The van der Waals surface area contributed by atoms with Crippen LogP contribution < -0.4 is 5.32 Å². The van der Waals surface area contributed by atoms with Crippen LogP contribution in [0, 0.1) is 0 Å². The molecule has 1 aliphatic heterocycles. The van der Waals surface area contributed by atoms with E-state index >= 15 is 0 Å². The Kier molecular flexibility index (Phi) is 5.50. The number of likely N-dealkylation sites (tertiary alicyclic amines) is 1. The van der Waals surface area contributed by atoms with Gasteiger partial charge in [-0.1, -0.05) is 46.6 Å². The monoisotopic (exact) mass is 416 g/mol. The summed E-state index contributed by atoms with van der Waals surface area (Å²) in [6.45, 7) is 0.617. The second-order valence-corrected chi connectivity index (χ2v) is 7.48. The average molecular weight is 417 g/mol. The van der Waals surface area contributed by atoms with Crippen molar-refractivity contribution in [2.45, 2.75) is 25.3 Å². The topological polar surface area (TPSA) is 71.3 Å². The lowest BCUT2D eigenvalue weighted by atomic mass is 10.0. The van der Waals surface area contributed by atoms with Crippen LogP contribution in [0.2, 0.25) is 10.0 Å². The summed E-state index contributed by atoms with van der Waals surface area (Å²) < 4.78 is 5.50. The molecule has 6 nitrogen and oxygen atoms in total. The van der Waals surface area contributed by atoms with Gasteiger partial charge in [0, 0.05) is 27.8 Å².